The second-order valence-electron chi connectivity index (χ2n) is 2.76. The molecule has 4 heteroatoms. The van der Waals surface area contributed by atoms with Crippen LogP contribution < -0.4 is 5.32 Å². The summed E-state index contributed by atoms with van der Waals surface area (Å²) in [7, 11) is 0. The molecule has 0 saturated carbocycles. The van der Waals surface area contributed by atoms with Crippen LogP contribution in [0.4, 0.5) is 4.79 Å². The molecule has 0 aliphatic carbocycles. The van der Waals surface area contributed by atoms with Crippen molar-refractivity contribution >= 4 is 6.03 Å². The van der Waals surface area contributed by atoms with Crippen molar-refractivity contribution in [3.63, 3.8) is 0 Å². The summed E-state index contributed by atoms with van der Waals surface area (Å²) < 4.78 is 0. The van der Waals surface area contributed by atoms with E-state index in [4.69, 9.17) is 5.26 Å². The van der Waals surface area contributed by atoms with Crippen LogP contribution in [-0.4, -0.2) is 30.6 Å². The lowest BCUT2D eigenvalue weighted by Gasteiger charge is -2.17. The first-order valence-corrected chi connectivity index (χ1v) is 4.66. The highest BCUT2D eigenvalue weighted by Crippen LogP contribution is 1.89. The van der Waals surface area contributed by atoms with E-state index in [0.29, 0.717) is 13.1 Å². The van der Waals surface area contributed by atoms with E-state index in [1.54, 1.807) is 0 Å². The van der Waals surface area contributed by atoms with Crippen molar-refractivity contribution in [3.8, 4) is 6.07 Å². The molecule has 0 bridgehead atoms. The van der Waals surface area contributed by atoms with Crippen LogP contribution in [0, 0.1) is 11.3 Å². The van der Waals surface area contributed by atoms with E-state index in [-0.39, 0.29) is 12.6 Å². The lowest BCUT2D eigenvalue weighted by molar-refractivity contribution is 0.206. The molecule has 0 spiro atoms. The Morgan fingerprint density at radius 2 is 2.23 bits per heavy atom. The lowest BCUT2D eigenvalue weighted by atomic mass is 10.3. The molecule has 0 aliphatic heterocycles. The number of hydrogen-bond donors (Lipinski definition) is 1. The first kappa shape index (κ1) is 11.8. The third-order valence-electron chi connectivity index (χ3n) is 1.74. The Bertz CT molecular complexity index is 186. The van der Waals surface area contributed by atoms with Crippen molar-refractivity contribution < 1.29 is 4.79 Å². The molecule has 0 rings (SSSR count). The molecule has 13 heavy (non-hydrogen) atoms. The van der Waals surface area contributed by atoms with Gasteiger partial charge in [0.25, 0.3) is 0 Å². The van der Waals surface area contributed by atoms with E-state index in [1.165, 1.54) is 4.90 Å². The Hall–Kier alpha value is -1.24. The topological polar surface area (TPSA) is 56.1 Å². The summed E-state index contributed by atoms with van der Waals surface area (Å²) in [5, 5.41) is 11.2. The van der Waals surface area contributed by atoms with Crippen LogP contribution in [0.15, 0.2) is 0 Å². The molecule has 0 aromatic carbocycles. The van der Waals surface area contributed by atoms with Gasteiger partial charge in [-0.05, 0) is 13.3 Å². The van der Waals surface area contributed by atoms with Gasteiger partial charge in [0.15, 0.2) is 0 Å². The van der Waals surface area contributed by atoms with Crippen LogP contribution in [0.1, 0.15) is 26.7 Å². The van der Waals surface area contributed by atoms with E-state index in [9.17, 15) is 4.79 Å². The smallest absolute Gasteiger partial charge is 0.318 e. The average molecular weight is 183 g/mol. The fourth-order valence-corrected chi connectivity index (χ4v) is 0.896. The molecular weight excluding hydrogens is 166 g/mol. The number of nitriles is 1. The minimum Gasteiger partial charge on any atom is -0.338 e. The Kier molecular flexibility index (Phi) is 6.70. The van der Waals surface area contributed by atoms with Crippen LogP contribution in [0.3, 0.4) is 0 Å². The first-order chi connectivity index (χ1) is 6.26. The maximum absolute atomic E-state index is 11.3. The number of urea groups is 1. The van der Waals surface area contributed by atoms with Gasteiger partial charge in [-0.15, -0.1) is 0 Å². The van der Waals surface area contributed by atoms with Crippen LogP contribution in [0.5, 0.6) is 0 Å². The van der Waals surface area contributed by atoms with Crippen molar-refractivity contribution in [3.05, 3.63) is 0 Å². The molecule has 0 aliphatic rings. The molecule has 0 saturated heterocycles. The molecule has 0 fully saturated rings. The second-order valence-corrected chi connectivity index (χ2v) is 2.76. The van der Waals surface area contributed by atoms with E-state index < -0.39 is 0 Å². The summed E-state index contributed by atoms with van der Waals surface area (Å²) >= 11 is 0. The van der Waals surface area contributed by atoms with Crippen molar-refractivity contribution in [1.82, 2.24) is 10.2 Å². The lowest BCUT2D eigenvalue weighted by Crippen LogP contribution is -2.40. The molecule has 0 unspecified atom stereocenters. The number of unbranched alkanes of at least 4 members (excludes halogenated alkanes) is 1. The maximum atomic E-state index is 11.3. The second kappa shape index (κ2) is 7.41. The van der Waals surface area contributed by atoms with Crippen molar-refractivity contribution in [1.29, 1.82) is 5.26 Å². The molecule has 74 valence electrons. The third-order valence-corrected chi connectivity index (χ3v) is 1.74. The minimum absolute atomic E-state index is 0.141. The fraction of sp³-hybridized carbons (Fsp3) is 0.778. The van der Waals surface area contributed by atoms with Gasteiger partial charge in [0.1, 0.15) is 6.54 Å². The molecule has 0 aromatic heterocycles. The van der Waals surface area contributed by atoms with Gasteiger partial charge >= 0.3 is 6.03 Å². The first-order valence-electron chi connectivity index (χ1n) is 4.66. The van der Waals surface area contributed by atoms with Gasteiger partial charge in [-0.1, -0.05) is 13.3 Å². The van der Waals surface area contributed by atoms with Crippen molar-refractivity contribution in [2.45, 2.75) is 26.7 Å². The SMILES string of the molecule is CCCCNC(=O)N(CC)CC#N. The normalized spacial score (nSPS) is 9.00. The number of nitrogens with zero attached hydrogens (tertiary/aromatic N) is 2. The van der Waals surface area contributed by atoms with Crippen LogP contribution in [0.25, 0.3) is 0 Å². The monoisotopic (exact) mass is 183 g/mol. The van der Waals surface area contributed by atoms with Gasteiger partial charge in [0.05, 0.1) is 6.07 Å². The number of carbonyl (C=O) groups is 1. The number of hydrogen-bond acceptors (Lipinski definition) is 2. The number of nitrogens with one attached hydrogen (secondary N) is 1. The highest BCUT2D eigenvalue weighted by molar-refractivity contribution is 5.74. The van der Waals surface area contributed by atoms with Crippen LogP contribution in [0.2, 0.25) is 0 Å². The molecule has 0 aromatic rings. The third kappa shape index (κ3) is 5.07. The standard InChI is InChI=1S/C9H17N3O/c1-3-5-7-11-9(13)12(4-2)8-6-10/h3-5,7-8H2,1-2H3,(H,11,13). The average Bonchev–Trinajstić information content (AvgIpc) is 2.14. The molecule has 2 amide bonds. The molecule has 0 heterocycles. The van der Waals surface area contributed by atoms with Gasteiger partial charge < -0.3 is 10.2 Å². The van der Waals surface area contributed by atoms with Crippen LogP contribution >= 0.6 is 0 Å². The Morgan fingerprint density at radius 1 is 1.54 bits per heavy atom. The van der Waals surface area contributed by atoms with Crippen molar-refractivity contribution in [2.75, 3.05) is 19.6 Å². The number of rotatable bonds is 5. The van der Waals surface area contributed by atoms with Crippen LogP contribution in [-0.2, 0) is 0 Å². The molecule has 0 radical (unpaired) electrons. The predicted molar refractivity (Wildman–Crippen MR) is 51.2 cm³/mol. The largest absolute Gasteiger partial charge is 0.338 e. The summed E-state index contributed by atoms with van der Waals surface area (Å²) in [6.45, 7) is 5.35. The summed E-state index contributed by atoms with van der Waals surface area (Å²) in [5.41, 5.74) is 0. The molecule has 0 atom stereocenters. The highest BCUT2D eigenvalue weighted by Gasteiger charge is 2.08. The highest BCUT2D eigenvalue weighted by atomic mass is 16.2. The minimum atomic E-state index is -0.141. The summed E-state index contributed by atoms with van der Waals surface area (Å²) in [5.74, 6) is 0. The van der Waals surface area contributed by atoms with E-state index >= 15 is 0 Å². The number of amides is 2. The Balaban J connectivity index is 3.72. The predicted octanol–water partition coefficient (Wildman–Crippen LogP) is 1.34. The van der Waals surface area contributed by atoms with Gasteiger partial charge in [0.2, 0.25) is 0 Å². The van der Waals surface area contributed by atoms with Gasteiger partial charge in [-0.25, -0.2) is 4.79 Å². The summed E-state index contributed by atoms with van der Waals surface area (Å²) in [6.07, 6.45) is 2.04. The Morgan fingerprint density at radius 3 is 2.69 bits per heavy atom. The summed E-state index contributed by atoms with van der Waals surface area (Å²) in [4.78, 5) is 12.8. The zero-order valence-corrected chi connectivity index (χ0v) is 8.34. The zero-order valence-electron chi connectivity index (χ0n) is 8.34. The van der Waals surface area contributed by atoms with Gasteiger partial charge in [-0.2, -0.15) is 5.26 Å². The van der Waals surface area contributed by atoms with E-state index in [1.807, 2.05) is 13.0 Å². The van der Waals surface area contributed by atoms with Gasteiger partial charge in [0, 0.05) is 13.1 Å². The fourth-order valence-electron chi connectivity index (χ4n) is 0.896. The zero-order chi connectivity index (χ0) is 10.1. The van der Waals surface area contributed by atoms with Gasteiger partial charge in [-0.3, -0.25) is 0 Å². The molecule has 1 N–H and O–H groups in total. The van der Waals surface area contributed by atoms with Crippen molar-refractivity contribution in [2.24, 2.45) is 0 Å². The quantitative estimate of drug-likeness (QED) is 0.516. The van der Waals surface area contributed by atoms with E-state index in [0.717, 1.165) is 12.8 Å². The molecular formula is C9H17N3O. The number of carbonyl (C=O) groups excluding carboxylic acids is 1. The maximum Gasteiger partial charge on any atom is 0.318 e. The molecule has 4 nitrogen and oxygen atoms in total. The summed E-state index contributed by atoms with van der Waals surface area (Å²) in [6, 6.07) is 1.81. The van der Waals surface area contributed by atoms with E-state index in [2.05, 4.69) is 12.2 Å². The Labute approximate surface area is 79.5 Å².